The molecule has 3 nitrogen and oxygen atoms in total. The molecule has 2 N–H and O–H groups in total. The first kappa shape index (κ1) is 9.25. The second kappa shape index (κ2) is 2.39. The summed E-state index contributed by atoms with van der Waals surface area (Å²) in [6.45, 7) is 7.19. The maximum atomic E-state index is 4.37. The molecule has 0 aliphatic heterocycles. The van der Waals surface area contributed by atoms with Crippen LogP contribution in [0.15, 0.2) is 0 Å². The average molecular weight is 205 g/mol. The number of H-pyrrole nitrogens is 1. The van der Waals surface area contributed by atoms with E-state index in [0.717, 1.165) is 5.82 Å². The minimum absolute atomic E-state index is 0.301. The van der Waals surface area contributed by atoms with Crippen molar-refractivity contribution in [3.63, 3.8) is 0 Å². The zero-order valence-electron chi connectivity index (χ0n) is 9.94. The Labute approximate surface area is 90.7 Å². The van der Waals surface area contributed by atoms with Crippen LogP contribution in [0, 0.1) is 5.41 Å². The molecule has 1 fully saturated rings. The van der Waals surface area contributed by atoms with Crippen LogP contribution in [0.2, 0.25) is 0 Å². The lowest BCUT2D eigenvalue weighted by Crippen LogP contribution is -2.32. The van der Waals surface area contributed by atoms with Crippen LogP contribution in [0.1, 0.15) is 50.8 Å². The van der Waals surface area contributed by atoms with Crippen molar-refractivity contribution in [3.8, 4) is 0 Å². The van der Waals surface area contributed by atoms with Crippen LogP contribution in [0.3, 0.4) is 0 Å². The number of anilines is 1. The molecule has 0 spiro atoms. The average Bonchev–Trinajstić information content (AvgIpc) is 2.74. The van der Waals surface area contributed by atoms with Gasteiger partial charge in [-0.3, -0.25) is 5.10 Å². The van der Waals surface area contributed by atoms with Gasteiger partial charge in [-0.2, -0.15) is 5.10 Å². The maximum Gasteiger partial charge on any atom is 0.151 e. The smallest absolute Gasteiger partial charge is 0.151 e. The van der Waals surface area contributed by atoms with Crippen molar-refractivity contribution in [1.82, 2.24) is 10.2 Å². The topological polar surface area (TPSA) is 40.7 Å². The molecule has 2 aliphatic carbocycles. The molecule has 0 aromatic carbocycles. The van der Waals surface area contributed by atoms with E-state index in [9.17, 15) is 0 Å². The largest absolute Gasteiger partial charge is 0.371 e. The van der Waals surface area contributed by atoms with Gasteiger partial charge in [-0.25, -0.2) is 0 Å². The summed E-state index contributed by atoms with van der Waals surface area (Å²) in [7, 11) is 1.96. The zero-order chi connectivity index (χ0) is 10.8. The molecule has 0 radical (unpaired) electrons. The van der Waals surface area contributed by atoms with Crippen molar-refractivity contribution >= 4 is 5.82 Å². The Kier molecular flexibility index (Phi) is 1.48. The molecular weight excluding hydrogens is 186 g/mol. The van der Waals surface area contributed by atoms with Gasteiger partial charge in [0.1, 0.15) is 0 Å². The summed E-state index contributed by atoms with van der Waals surface area (Å²) in [5.41, 5.74) is 3.52. The lowest BCUT2D eigenvalue weighted by molar-refractivity contribution is 0.225. The Morgan fingerprint density at radius 1 is 1.40 bits per heavy atom. The molecule has 0 amide bonds. The van der Waals surface area contributed by atoms with E-state index < -0.39 is 0 Å². The van der Waals surface area contributed by atoms with Gasteiger partial charge in [0, 0.05) is 23.7 Å². The van der Waals surface area contributed by atoms with Crippen molar-refractivity contribution in [1.29, 1.82) is 0 Å². The summed E-state index contributed by atoms with van der Waals surface area (Å²) in [5.74, 6) is 1.74. The van der Waals surface area contributed by atoms with Gasteiger partial charge in [0.2, 0.25) is 0 Å². The molecule has 3 heteroatoms. The Balaban J connectivity index is 2.25. The highest BCUT2D eigenvalue weighted by molar-refractivity contribution is 5.57. The number of hydrogen-bond acceptors (Lipinski definition) is 2. The number of fused-ring (bicyclic) bond motifs is 5. The van der Waals surface area contributed by atoms with E-state index in [4.69, 9.17) is 0 Å². The lowest BCUT2D eigenvalue weighted by atomic mass is 9.70. The van der Waals surface area contributed by atoms with Crippen molar-refractivity contribution in [2.45, 2.75) is 44.9 Å². The monoisotopic (exact) mass is 205 g/mol. The minimum atomic E-state index is 0.301. The van der Waals surface area contributed by atoms with E-state index in [1.807, 2.05) is 7.05 Å². The number of rotatable bonds is 1. The van der Waals surface area contributed by atoms with Crippen LogP contribution in [0.4, 0.5) is 5.82 Å². The Morgan fingerprint density at radius 2 is 2.13 bits per heavy atom. The van der Waals surface area contributed by atoms with Crippen molar-refractivity contribution in [2.75, 3.05) is 12.4 Å². The summed E-state index contributed by atoms with van der Waals surface area (Å²) in [5, 5.41) is 10.8. The van der Waals surface area contributed by atoms with Crippen LogP contribution in [0.5, 0.6) is 0 Å². The third-order valence-electron chi connectivity index (χ3n) is 5.17. The van der Waals surface area contributed by atoms with Crippen LogP contribution in [-0.2, 0) is 5.41 Å². The molecule has 1 heterocycles. The van der Waals surface area contributed by atoms with Gasteiger partial charge in [0.15, 0.2) is 5.82 Å². The number of aromatic nitrogens is 2. The van der Waals surface area contributed by atoms with Crippen LogP contribution in [0.25, 0.3) is 0 Å². The lowest BCUT2D eigenvalue weighted by Gasteiger charge is -2.34. The molecule has 2 atom stereocenters. The predicted octanol–water partition coefficient (Wildman–Crippen LogP) is 2.63. The number of hydrogen-bond donors (Lipinski definition) is 2. The summed E-state index contributed by atoms with van der Waals surface area (Å²) >= 11 is 0. The van der Waals surface area contributed by atoms with E-state index >= 15 is 0 Å². The fraction of sp³-hybridized carbons (Fsp3) is 0.750. The fourth-order valence-corrected chi connectivity index (χ4v) is 3.75. The number of nitrogens with zero attached hydrogens (tertiary/aromatic N) is 1. The first-order valence-corrected chi connectivity index (χ1v) is 5.79. The van der Waals surface area contributed by atoms with Gasteiger partial charge >= 0.3 is 0 Å². The molecule has 1 saturated carbocycles. The second-order valence-corrected chi connectivity index (χ2v) is 5.76. The third-order valence-corrected chi connectivity index (χ3v) is 5.17. The molecule has 1 aromatic rings. The molecule has 3 rings (SSSR count). The van der Waals surface area contributed by atoms with Crippen LogP contribution < -0.4 is 5.32 Å². The van der Waals surface area contributed by atoms with E-state index in [1.54, 1.807) is 0 Å². The van der Waals surface area contributed by atoms with Gasteiger partial charge < -0.3 is 5.32 Å². The van der Waals surface area contributed by atoms with Crippen LogP contribution in [-0.4, -0.2) is 17.2 Å². The second-order valence-electron chi connectivity index (χ2n) is 5.76. The van der Waals surface area contributed by atoms with E-state index in [1.165, 1.54) is 24.1 Å². The summed E-state index contributed by atoms with van der Waals surface area (Å²) in [6, 6.07) is 0. The quantitative estimate of drug-likeness (QED) is 0.740. The SMILES string of the molecule is CNc1n[nH]c2c1C1CCC2(C)C1(C)C. The Bertz CT molecular complexity index is 419. The van der Waals surface area contributed by atoms with Gasteiger partial charge in [0.25, 0.3) is 0 Å². The molecule has 2 aliphatic rings. The van der Waals surface area contributed by atoms with E-state index in [0.29, 0.717) is 16.7 Å². The maximum absolute atomic E-state index is 4.37. The molecule has 15 heavy (non-hydrogen) atoms. The van der Waals surface area contributed by atoms with Gasteiger partial charge in [0.05, 0.1) is 0 Å². The Hall–Kier alpha value is -0.990. The molecule has 1 aromatic heterocycles. The van der Waals surface area contributed by atoms with Crippen LogP contribution >= 0.6 is 0 Å². The van der Waals surface area contributed by atoms with Gasteiger partial charge in [-0.05, 0) is 24.2 Å². The standard InChI is InChI=1S/C12H19N3/c1-11(2)7-5-6-12(11,3)9-8(7)10(13-4)15-14-9/h7H,5-6H2,1-4H3,(H2,13,14,15). The van der Waals surface area contributed by atoms with Crippen molar-refractivity contribution in [3.05, 3.63) is 11.3 Å². The summed E-state index contributed by atoms with van der Waals surface area (Å²) in [4.78, 5) is 0. The third kappa shape index (κ3) is 0.778. The number of nitrogens with one attached hydrogen (secondary N) is 2. The molecule has 2 bridgehead atoms. The molecule has 0 saturated heterocycles. The minimum Gasteiger partial charge on any atom is -0.371 e. The van der Waals surface area contributed by atoms with Gasteiger partial charge in [-0.15, -0.1) is 0 Å². The normalized spacial score (nSPS) is 35.6. The zero-order valence-corrected chi connectivity index (χ0v) is 9.94. The highest BCUT2D eigenvalue weighted by atomic mass is 15.2. The summed E-state index contributed by atoms with van der Waals surface area (Å²) in [6.07, 6.45) is 2.60. The van der Waals surface area contributed by atoms with Crippen molar-refractivity contribution in [2.24, 2.45) is 5.41 Å². The highest BCUT2D eigenvalue weighted by Gasteiger charge is 2.61. The van der Waals surface area contributed by atoms with E-state index in [-0.39, 0.29) is 0 Å². The first-order chi connectivity index (χ1) is 7.02. The molecular formula is C12H19N3. The Morgan fingerprint density at radius 3 is 2.80 bits per heavy atom. The predicted molar refractivity (Wildman–Crippen MR) is 61.2 cm³/mol. The van der Waals surface area contributed by atoms with E-state index in [2.05, 4.69) is 36.3 Å². The van der Waals surface area contributed by atoms with Gasteiger partial charge in [-0.1, -0.05) is 20.8 Å². The fourth-order valence-electron chi connectivity index (χ4n) is 3.75. The number of aromatic amines is 1. The molecule has 2 unspecified atom stereocenters. The molecule has 82 valence electrons. The van der Waals surface area contributed by atoms with Crippen molar-refractivity contribution < 1.29 is 0 Å². The first-order valence-electron chi connectivity index (χ1n) is 5.79. The highest BCUT2D eigenvalue weighted by Crippen LogP contribution is 2.68. The summed E-state index contributed by atoms with van der Waals surface area (Å²) < 4.78 is 0.